The quantitative estimate of drug-likeness (QED) is 0.305. The molecule has 3 N–H and O–H groups in total. The summed E-state index contributed by atoms with van der Waals surface area (Å²) in [5.41, 5.74) is 5.28. The Balaban J connectivity index is 1.79. The van der Waals surface area contributed by atoms with Crippen LogP contribution in [-0.4, -0.2) is 62.2 Å². The molecule has 38 heavy (non-hydrogen) atoms. The molecule has 1 aromatic heterocycles. The lowest BCUT2D eigenvalue weighted by molar-refractivity contribution is 0.0690. The van der Waals surface area contributed by atoms with Crippen molar-refractivity contribution in [3.63, 3.8) is 0 Å². The fourth-order valence-corrected chi connectivity index (χ4v) is 4.69. The van der Waals surface area contributed by atoms with Crippen molar-refractivity contribution in [1.29, 1.82) is 5.41 Å². The van der Waals surface area contributed by atoms with Crippen LogP contribution in [-0.2, 0) is 4.74 Å². The molecule has 3 aromatic rings. The Labute approximate surface area is 224 Å². The highest BCUT2D eigenvalue weighted by molar-refractivity contribution is 6.10. The SMILES string of the molecule is CC(C)C(=N)c1c(-c2ccc(N(C)C3CCOCC3)cc2)cc(C(=O)O)nc1Nc1cccc(N(C)C)c1. The maximum atomic E-state index is 12.1. The third-order valence-electron chi connectivity index (χ3n) is 7.03. The molecule has 0 radical (unpaired) electrons. The minimum absolute atomic E-state index is 0.0741. The van der Waals surface area contributed by atoms with E-state index >= 15 is 0 Å². The molecule has 4 rings (SSSR count). The van der Waals surface area contributed by atoms with Crippen LogP contribution < -0.4 is 15.1 Å². The molecule has 0 atom stereocenters. The number of hydrogen-bond acceptors (Lipinski definition) is 7. The lowest BCUT2D eigenvalue weighted by Gasteiger charge is -2.33. The van der Waals surface area contributed by atoms with Crippen LogP contribution >= 0.6 is 0 Å². The molecule has 0 bridgehead atoms. The van der Waals surface area contributed by atoms with Gasteiger partial charge in [0.1, 0.15) is 5.82 Å². The molecule has 1 saturated heterocycles. The number of benzene rings is 2. The molecule has 2 aromatic carbocycles. The first kappa shape index (κ1) is 27.1. The van der Waals surface area contributed by atoms with Crippen LogP contribution in [0.25, 0.3) is 11.1 Å². The summed E-state index contributed by atoms with van der Waals surface area (Å²) in [5.74, 6) is -0.841. The van der Waals surface area contributed by atoms with Crippen molar-refractivity contribution >= 4 is 34.6 Å². The maximum absolute atomic E-state index is 12.1. The average Bonchev–Trinajstić information content (AvgIpc) is 2.92. The topological polar surface area (TPSA) is 102 Å². The van der Waals surface area contributed by atoms with E-state index in [9.17, 15) is 9.90 Å². The summed E-state index contributed by atoms with van der Waals surface area (Å²) < 4.78 is 5.51. The number of carbonyl (C=O) groups is 1. The fourth-order valence-electron chi connectivity index (χ4n) is 4.69. The van der Waals surface area contributed by atoms with Gasteiger partial charge in [0.2, 0.25) is 0 Å². The molecule has 0 saturated carbocycles. The van der Waals surface area contributed by atoms with E-state index in [-0.39, 0.29) is 11.6 Å². The number of aromatic carboxylic acids is 1. The second kappa shape index (κ2) is 11.6. The predicted octanol–water partition coefficient (Wildman–Crippen LogP) is 5.90. The zero-order chi connectivity index (χ0) is 27.4. The van der Waals surface area contributed by atoms with Crippen molar-refractivity contribution < 1.29 is 14.6 Å². The van der Waals surface area contributed by atoms with Gasteiger partial charge in [-0.25, -0.2) is 9.78 Å². The van der Waals surface area contributed by atoms with Crippen molar-refractivity contribution in [2.24, 2.45) is 5.92 Å². The summed E-state index contributed by atoms with van der Waals surface area (Å²) in [4.78, 5) is 20.8. The van der Waals surface area contributed by atoms with Gasteiger partial charge in [-0.2, -0.15) is 0 Å². The molecule has 0 aliphatic carbocycles. The number of hydrogen-bond donors (Lipinski definition) is 3. The van der Waals surface area contributed by atoms with Gasteiger partial charge in [0.05, 0.1) is 0 Å². The monoisotopic (exact) mass is 515 g/mol. The van der Waals surface area contributed by atoms with E-state index in [0.717, 1.165) is 48.7 Å². The van der Waals surface area contributed by atoms with E-state index in [4.69, 9.17) is 10.1 Å². The number of anilines is 4. The lowest BCUT2D eigenvalue weighted by atomic mass is 9.91. The Morgan fingerprint density at radius 2 is 1.74 bits per heavy atom. The van der Waals surface area contributed by atoms with Gasteiger partial charge in [-0.15, -0.1) is 0 Å². The number of nitrogens with zero attached hydrogens (tertiary/aromatic N) is 3. The van der Waals surface area contributed by atoms with Crippen LogP contribution in [0.3, 0.4) is 0 Å². The molecule has 1 fully saturated rings. The van der Waals surface area contributed by atoms with Crippen LogP contribution in [0.5, 0.6) is 0 Å². The molecular weight excluding hydrogens is 478 g/mol. The first-order valence-corrected chi connectivity index (χ1v) is 13.0. The number of aromatic nitrogens is 1. The van der Waals surface area contributed by atoms with Gasteiger partial charge in [-0.05, 0) is 66.3 Å². The molecule has 8 nitrogen and oxygen atoms in total. The molecule has 1 aliphatic rings. The summed E-state index contributed by atoms with van der Waals surface area (Å²) in [7, 11) is 6.02. The van der Waals surface area contributed by atoms with Gasteiger partial charge in [-0.1, -0.05) is 32.0 Å². The van der Waals surface area contributed by atoms with Crippen LogP contribution in [0.2, 0.25) is 0 Å². The van der Waals surface area contributed by atoms with Gasteiger partial charge in [-0.3, -0.25) is 0 Å². The van der Waals surface area contributed by atoms with E-state index in [2.05, 4.69) is 34.4 Å². The van der Waals surface area contributed by atoms with Crippen molar-refractivity contribution in [1.82, 2.24) is 4.98 Å². The third-order valence-corrected chi connectivity index (χ3v) is 7.03. The predicted molar refractivity (Wildman–Crippen MR) is 155 cm³/mol. The summed E-state index contributed by atoms with van der Waals surface area (Å²) in [6.45, 7) is 5.46. The summed E-state index contributed by atoms with van der Waals surface area (Å²) >= 11 is 0. The standard InChI is InChI=1S/C30H37N5O3/c1-19(2)28(31)27-25(20-9-11-22(12-10-20)35(5)23-13-15-38-16-14-23)18-26(30(36)37)33-29(27)32-21-7-6-8-24(17-21)34(3)4/h6-12,17-19,23,31H,13-16H2,1-5H3,(H,32,33)(H,36,37). The van der Waals surface area contributed by atoms with E-state index in [1.54, 1.807) is 6.07 Å². The molecule has 0 spiro atoms. The molecule has 2 heterocycles. The second-order valence-electron chi connectivity index (χ2n) is 10.2. The summed E-state index contributed by atoms with van der Waals surface area (Å²) in [6.07, 6.45) is 1.98. The van der Waals surface area contributed by atoms with Gasteiger partial charge in [0.15, 0.2) is 5.69 Å². The van der Waals surface area contributed by atoms with Crippen LogP contribution in [0, 0.1) is 11.3 Å². The zero-order valence-electron chi connectivity index (χ0n) is 22.8. The zero-order valence-corrected chi connectivity index (χ0v) is 22.8. The molecule has 8 heteroatoms. The smallest absolute Gasteiger partial charge is 0.354 e. The van der Waals surface area contributed by atoms with Crippen LogP contribution in [0.1, 0.15) is 42.7 Å². The molecule has 200 valence electrons. The number of rotatable bonds is 9. The molecule has 0 unspecified atom stereocenters. The Hall–Kier alpha value is -3.91. The average molecular weight is 516 g/mol. The van der Waals surface area contributed by atoms with Crippen LogP contribution in [0.15, 0.2) is 54.6 Å². The highest BCUT2D eigenvalue weighted by atomic mass is 16.5. The Kier molecular flexibility index (Phi) is 8.32. The lowest BCUT2D eigenvalue weighted by Crippen LogP contribution is -2.36. The number of nitrogens with one attached hydrogen (secondary N) is 2. The summed E-state index contributed by atoms with van der Waals surface area (Å²) in [6, 6.07) is 17.9. The second-order valence-corrected chi connectivity index (χ2v) is 10.2. The minimum Gasteiger partial charge on any atom is -0.477 e. The fraction of sp³-hybridized carbons (Fsp3) is 0.367. The van der Waals surface area contributed by atoms with E-state index in [0.29, 0.717) is 28.7 Å². The first-order valence-electron chi connectivity index (χ1n) is 13.0. The van der Waals surface area contributed by atoms with Crippen molar-refractivity contribution in [2.45, 2.75) is 32.7 Å². The van der Waals surface area contributed by atoms with Gasteiger partial charge >= 0.3 is 5.97 Å². The van der Waals surface area contributed by atoms with E-state index < -0.39 is 5.97 Å². The normalized spacial score (nSPS) is 13.8. The van der Waals surface area contributed by atoms with Crippen molar-refractivity contribution in [3.05, 3.63) is 65.9 Å². The highest BCUT2D eigenvalue weighted by Crippen LogP contribution is 2.35. The van der Waals surface area contributed by atoms with Gasteiger partial charge in [0, 0.05) is 68.7 Å². The highest BCUT2D eigenvalue weighted by Gasteiger charge is 2.23. The Bertz CT molecular complexity index is 1300. The van der Waals surface area contributed by atoms with Gasteiger partial charge < -0.3 is 30.4 Å². The van der Waals surface area contributed by atoms with Gasteiger partial charge in [0.25, 0.3) is 0 Å². The molecular formula is C30H37N5O3. The van der Waals surface area contributed by atoms with Crippen molar-refractivity contribution in [3.8, 4) is 11.1 Å². The molecule has 0 amide bonds. The third kappa shape index (κ3) is 5.97. The van der Waals surface area contributed by atoms with Crippen LogP contribution in [0.4, 0.5) is 22.9 Å². The molecule has 1 aliphatic heterocycles. The number of pyridine rings is 1. The Morgan fingerprint density at radius 1 is 1.05 bits per heavy atom. The van der Waals surface area contributed by atoms with Crippen molar-refractivity contribution in [2.75, 3.05) is 49.5 Å². The summed E-state index contributed by atoms with van der Waals surface area (Å²) in [5, 5.41) is 22.2. The first-order chi connectivity index (χ1) is 18.2. The number of carboxylic acid groups (broad SMARTS) is 1. The largest absolute Gasteiger partial charge is 0.477 e. The van der Waals surface area contributed by atoms with E-state index in [1.807, 2.05) is 69.2 Å². The Morgan fingerprint density at radius 3 is 2.34 bits per heavy atom. The maximum Gasteiger partial charge on any atom is 0.354 e. The number of carboxylic acids is 1. The minimum atomic E-state index is -1.12. The van der Waals surface area contributed by atoms with E-state index in [1.165, 1.54) is 0 Å². The number of ether oxygens (including phenoxy) is 1.